The average molecular weight is 607 g/mol. The Hall–Kier alpha value is -0.730. The highest BCUT2D eigenvalue weighted by atomic mass is 35.5. The van der Waals surface area contributed by atoms with Crippen molar-refractivity contribution in [3.8, 4) is 0 Å². The molecule has 0 spiro atoms. The van der Waals surface area contributed by atoms with Crippen molar-refractivity contribution < 1.29 is 8.78 Å². The highest BCUT2D eigenvalue weighted by molar-refractivity contribution is 6.19. The van der Waals surface area contributed by atoms with E-state index >= 15 is 0 Å². The van der Waals surface area contributed by atoms with E-state index in [1.165, 1.54) is 12.1 Å². The van der Waals surface area contributed by atoms with Crippen LogP contribution in [0.1, 0.15) is 17.5 Å². The fraction of sp³-hybridized carbons (Fsp3) is 0.520. The van der Waals surface area contributed by atoms with Crippen LogP contribution < -0.4 is 20.4 Å². The lowest BCUT2D eigenvalue weighted by Crippen LogP contribution is -2.28. The fourth-order valence-corrected chi connectivity index (χ4v) is 4.50. The number of benzene rings is 2. The summed E-state index contributed by atoms with van der Waals surface area (Å²) in [5.41, 5.74) is 2.78. The maximum atomic E-state index is 14.5. The lowest BCUT2D eigenvalue weighted by molar-refractivity contribution is 0.556. The summed E-state index contributed by atoms with van der Waals surface area (Å²) in [6, 6.07) is 10.4. The summed E-state index contributed by atoms with van der Waals surface area (Å²) in [6.45, 7) is 4.78. The summed E-state index contributed by atoms with van der Waals surface area (Å²) in [6.07, 6.45) is 0.831. The van der Waals surface area contributed by atoms with E-state index in [1.54, 1.807) is 12.1 Å². The molecule has 0 amide bonds. The minimum atomic E-state index is -0.253. The van der Waals surface area contributed by atoms with Crippen LogP contribution in [0.5, 0.6) is 0 Å². The van der Waals surface area contributed by atoms with Crippen LogP contribution in [-0.2, 0) is 13.1 Å². The minimum Gasteiger partial charge on any atom is -0.369 e. The first-order chi connectivity index (χ1) is 17.0. The van der Waals surface area contributed by atoms with Crippen molar-refractivity contribution in [3.63, 3.8) is 0 Å². The highest BCUT2D eigenvalue weighted by Gasteiger charge is 2.11. The van der Waals surface area contributed by atoms with Gasteiger partial charge in [-0.2, -0.15) is 0 Å². The molecule has 0 aliphatic rings. The lowest BCUT2D eigenvalue weighted by Gasteiger charge is -2.23. The van der Waals surface area contributed by atoms with Crippen molar-refractivity contribution in [1.82, 2.24) is 10.6 Å². The molecule has 0 unspecified atom stereocenters. The van der Waals surface area contributed by atoms with E-state index in [2.05, 4.69) is 10.6 Å². The standard InChI is InChI=1S/C25H34Cl4F2N4.ClH/c26-6-12-34(13-7-27)22-4-2-20(24(30)16-22)18-32-10-1-11-33-19-21-3-5-23(17-25(21)31)35(14-8-28)15-9-29;/h2-5,16-17,32-33H,1,6-15,18-19H2;1H. The van der Waals surface area contributed by atoms with Crippen molar-refractivity contribution in [2.24, 2.45) is 0 Å². The Morgan fingerprint density at radius 3 is 1.28 bits per heavy atom. The Morgan fingerprint density at radius 2 is 0.972 bits per heavy atom. The summed E-state index contributed by atoms with van der Waals surface area (Å²) < 4.78 is 29.0. The van der Waals surface area contributed by atoms with Gasteiger partial charge < -0.3 is 20.4 Å². The molecule has 2 aromatic carbocycles. The summed E-state index contributed by atoms with van der Waals surface area (Å²) in [5.74, 6) is 1.31. The largest absolute Gasteiger partial charge is 0.369 e. The Morgan fingerprint density at radius 1 is 0.611 bits per heavy atom. The highest BCUT2D eigenvalue weighted by Crippen LogP contribution is 2.20. The van der Waals surface area contributed by atoms with Gasteiger partial charge in [0.1, 0.15) is 11.6 Å². The minimum absolute atomic E-state index is 0. The summed E-state index contributed by atoms with van der Waals surface area (Å²) >= 11 is 23.3. The second-order valence-corrected chi connectivity index (χ2v) is 9.50. The molecule has 0 saturated heterocycles. The van der Waals surface area contributed by atoms with Crippen LogP contribution in [0.25, 0.3) is 0 Å². The van der Waals surface area contributed by atoms with E-state index in [-0.39, 0.29) is 24.0 Å². The van der Waals surface area contributed by atoms with Crippen LogP contribution in [0.2, 0.25) is 0 Å². The van der Waals surface area contributed by atoms with Gasteiger partial charge in [0.25, 0.3) is 0 Å². The van der Waals surface area contributed by atoms with Crippen molar-refractivity contribution in [1.29, 1.82) is 0 Å². The number of hydrogen-bond acceptors (Lipinski definition) is 4. The van der Waals surface area contributed by atoms with Crippen LogP contribution in [0.15, 0.2) is 36.4 Å². The molecule has 0 aliphatic carbocycles. The topological polar surface area (TPSA) is 30.5 Å². The van der Waals surface area contributed by atoms with Gasteiger partial charge in [0.2, 0.25) is 0 Å². The molecule has 0 aromatic heterocycles. The Bertz CT molecular complexity index is 797. The Kier molecular flexibility index (Phi) is 17.9. The first kappa shape index (κ1) is 33.3. The van der Waals surface area contributed by atoms with E-state index in [9.17, 15) is 8.78 Å². The number of alkyl halides is 4. The van der Waals surface area contributed by atoms with Crippen LogP contribution in [-0.4, -0.2) is 62.8 Å². The summed E-state index contributed by atoms with van der Waals surface area (Å²) in [4.78, 5) is 3.94. The van der Waals surface area contributed by atoms with Gasteiger partial charge in [-0.3, -0.25) is 0 Å². The van der Waals surface area contributed by atoms with Gasteiger partial charge in [0, 0.05) is 85.3 Å². The van der Waals surface area contributed by atoms with E-state index in [1.807, 2.05) is 21.9 Å². The number of nitrogens with zero attached hydrogens (tertiary/aromatic N) is 2. The second kappa shape index (κ2) is 19.4. The maximum Gasteiger partial charge on any atom is 0.129 e. The van der Waals surface area contributed by atoms with E-state index in [0.29, 0.717) is 87.0 Å². The van der Waals surface area contributed by atoms with Crippen LogP contribution in [0.3, 0.4) is 0 Å². The SMILES string of the molecule is Cl.Fc1cc(N(CCCl)CCCl)ccc1CNCCCNCc1ccc(N(CCCl)CCCl)cc1F. The van der Waals surface area contributed by atoms with Crippen molar-refractivity contribution in [2.75, 3.05) is 72.6 Å². The molecular weight excluding hydrogens is 572 g/mol. The average Bonchev–Trinajstić information content (AvgIpc) is 2.84. The molecular formula is C25H35Cl5F2N4. The molecule has 36 heavy (non-hydrogen) atoms. The summed E-state index contributed by atoms with van der Waals surface area (Å²) in [7, 11) is 0. The zero-order chi connectivity index (χ0) is 25.5. The monoisotopic (exact) mass is 604 g/mol. The summed E-state index contributed by atoms with van der Waals surface area (Å²) in [5, 5.41) is 6.52. The molecule has 0 atom stereocenters. The number of nitrogens with one attached hydrogen (secondary N) is 2. The number of hydrogen-bond donors (Lipinski definition) is 2. The molecule has 11 heteroatoms. The zero-order valence-corrected chi connectivity index (χ0v) is 24.1. The van der Waals surface area contributed by atoms with Crippen molar-refractivity contribution in [3.05, 3.63) is 59.2 Å². The van der Waals surface area contributed by atoms with E-state index in [4.69, 9.17) is 46.4 Å². The van der Waals surface area contributed by atoms with Crippen LogP contribution in [0, 0.1) is 11.6 Å². The third-order valence-corrected chi connectivity index (χ3v) is 6.24. The van der Waals surface area contributed by atoms with Gasteiger partial charge in [-0.1, -0.05) is 12.1 Å². The third-order valence-electron chi connectivity index (χ3n) is 5.56. The molecule has 0 heterocycles. The van der Waals surface area contributed by atoms with Crippen LogP contribution in [0.4, 0.5) is 20.2 Å². The Labute approximate surface area is 240 Å². The van der Waals surface area contributed by atoms with Crippen molar-refractivity contribution >= 4 is 70.2 Å². The van der Waals surface area contributed by atoms with Gasteiger partial charge in [0.05, 0.1) is 0 Å². The second-order valence-electron chi connectivity index (χ2n) is 7.99. The molecule has 4 nitrogen and oxygen atoms in total. The normalized spacial score (nSPS) is 10.8. The van der Waals surface area contributed by atoms with Gasteiger partial charge in [0.15, 0.2) is 0 Å². The van der Waals surface area contributed by atoms with Gasteiger partial charge >= 0.3 is 0 Å². The third kappa shape index (κ3) is 11.3. The predicted molar refractivity (Wildman–Crippen MR) is 155 cm³/mol. The number of anilines is 2. The maximum absolute atomic E-state index is 14.5. The molecule has 0 aliphatic heterocycles. The van der Waals surface area contributed by atoms with Gasteiger partial charge in [-0.25, -0.2) is 8.78 Å². The van der Waals surface area contributed by atoms with Gasteiger partial charge in [-0.15, -0.1) is 58.8 Å². The first-order valence-corrected chi connectivity index (χ1v) is 13.9. The smallest absolute Gasteiger partial charge is 0.129 e. The molecule has 2 N–H and O–H groups in total. The molecule has 0 saturated carbocycles. The first-order valence-electron chi connectivity index (χ1n) is 11.8. The molecule has 0 radical (unpaired) electrons. The molecule has 0 fully saturated rings. The molecule has 2 aromatic rings. The quantitative estimate of drug-likeness (QED) is 0.156. The molecule has 2 rings (SSSR count). The fourth-order valence-electron chi connectivity index (χ4n) is 3.69. The molecule has 0 bridgehead atoms. The van der Waals surface area contributed by atoms with Crippen molar-refractivity contribution in [2.45, 2.75) is 19.5 Å². The Balaban J connectivity index is 0.00000648. The lowest BCUT2D eigenvalue weighted by atomic mass is 10.1. The van der Waals surface area contributed by atoms with E-state index < -0.39 is 0 Å². The van der Waals surface area contributed by atoms with Crippen LogP contribution >= 0.6 is 58.8 Å². The zero-order valence-electron chi connectivity index (χ0n) is 20.2. The molecule has 204 valence electrons. The predicted octanol–water partition coefficient (Wildman–Crippen LogP) is 6.22. The number of halogens is 7. The number of rotatable bonds is 18. The van der Waals surface area contributed by atoms with Gasteiger partial charge in [-0.05, 0) is 43.8 Å². The van der Waals surface area contributed by atoms with E-state index in [0.717, 1.165) is 17.8 Å².